The molecule has 9 heteroatoms. The lowest BCUT2D eigenvalue weighted by Gasteiger charge is -2.15. The number of rotatable bonds is 6. The maximum atomic E-state index is 12.8. The van der Waals surface area contributed by atoms with E-state index in [0.29, 0.717) is 11.5 Å². The first-order valence-corrected chi connectivity index (χ1v) is 9.09. The van der Waals surface area contributed by atoms with E-state index in [-0.39, 0.29) is 29.3 Å². The zero-order valence-electron chi connectivity index (χ0n) is 15.3. The Hall–Kier alpha value is -2.84. The lowest BCUT2D eigenvalue weighted by Crippen LogP contribution is -2.21. The van der Waals surface area contributed by atoms with E-state index in [1.807, 2.05) is 30.3 Å². The summed E-state index contributed by atoms with van der Waals surface area (Å²) in [4.78, 5) is 8.78. The highest BCUT2D eigenvalue weighted by molar-refractivity contribution is 6.33. The molecule has 0 aliphatic rings. The van der Waals surface area contributed by atoms with Gasteiger partial charge in [-0.25, -0.2) is 4.98 Å². The average molecular weight is 423 g/mol. The summed E-state index contributed by atoms with van der Waals surface area (Å²) >= 11 is 6.03. The van der Waals surface area contributed by atoms with Crippen molar-refractivity contribution in [3.05, 3.63) is 65.2 Å². The summed E-state index contributed by atoms with van der Waals surface area (Å²) in [7, 11) is 0. The van der Waals surface area contributed by atoms with E-state index in [1.165, 1.54) is 6.07 Å². The molecular weight excluding hydrogens is 405 g/mol. The molecule has 2 aromatic carbocycles. The van der Waals surface area contributed by atoms with Crippen LogP contribution < -0.4 is 10.6 Å². The number of hydrogen-bond donors (Lipinski definition) is 3. The first-order chi connectivity index (χ1) is 13.8. The quantitative estimate of drug-likeness (QED) is 0.499. The van der Waals surface area contributed by atoms with Gasteiger partial charge in [0.1, 0.15) is 5.82 Å². The summed E-state index contributed by atoms with van der Waals surface area (Å²) in [5, 5.41) is 15.1. The maximum Gasteiger partial charge on any atom is 0.416 e. The molecule has 0 unspecified atom stereocenters. The van der Waals surface area contributed by atoms with Crippen molar-refractivity contribution in [3.8, 4) is 11.3 Å². The van der Waals surface area contributed by atoms with Crippen LogP contribution in [0, 0.1) is 0 Å². The van der Waals surface area contributed by atoms with Gasteiger partial charge in [-0.2, -0.15) is 18.2 Å². The van der Waals surface area contributed by atoms with Crippen LogP contribution in [0.25, 0.3) is 11.3 Å². The molecular formula is C20H18ClF3N4O. The van der Waals surface area contributed by atoms with E-state index < -0.39 is 11.7 Å². The van der Waals surface area contributed by atoms with E-state index in [2.05, 4.69) is 20.6 Å². The van der Waals surface area contributed by atoms with Gasteiger partial charge in [0, 0.05) is 17.7 Å². The van der Waals surface area contributed by atoms with Gasteiger partial charge in [-0.05, 0) is 25.1 Å². The van der Waals surface area contributed by atoms with Crippen molar-refractivity contribution < 1.29 is 18.3 Å². The number of halogens is 4. The Morgan fingerprint density at radius 1 is 1.07 bits per heavy atom. The predicted octanol–water partition coefficient (Wildman–Crippen LogP) is 5.35. The second-order valence-corrected chi connectivity index (χ2v) is 6.78. The highest BCUT2D eigenvalue weighted by atomic mass is 35.5. The zero-order chi connectivity index (χ0) is 21.0. The van der Waals surface area contributed by atoms with E-state index in [1.54, 1.807) is 13.0 Å². The van der Waals surface area contributed by atoms with Gasteiger partial charge in [-0.15, -0.1) is 0 Å². The van der Waals surface area contributed by atoms with Crippen molar-refractivity contribution >= 4 is 29.1 Å². The molecule has 1 atom stereocenters. The summed E-state index contributed by atoms with van der Waals surface area (Å²) in [5.41, 5.74) is 0.869. The van der Waals surface area contributed by atoms with E-state index >= 15 is 0 Å². The minimum Gasteiger partial charge on any atom is -0.394 e. The average Bonchev–Trinajstić information content (AvgIpc) is 2.69. The molecule has 0 aliphatic heterocycles. The number of benzene rings is 2. The van der Waals surface area contributed by atoms with Crippen molar-refractivity contribution in [2.24, 2.45) is 0 Å². The molecule has 0 amide bonds. The normalized spacial score (nSPS) is 12.5. The van der Waals surface area contributed by atoms with Gasteiger partial charge < -0.3 is 15.7 Å². The van der Waals surface area contributed by atoms with Gasteiger partial charge in [0.2, 0.25) is 5.95 Å². The fourth-order valence-corrected chi connectivity index (χ4v) is 2.76. The van der Waals surface area contributed by atoms with Crippen LogP contribution in [0.1, 0.15) is 12.5 Å². The minimum atomic E-state index is -4.48. The maximum absolute atomic E-state index is 12.8. The van der Waals surface area contributed by atoms with Crippen LogP contribution in [0.3, 0.4) is 0 Å². The number of aliphatic hydroxyl groups is 1. The molecule has 0 fully saturated rings. The number of nitrogens with one attached hydrogen (secondary N) is 2. The smallest absolute Gasteiger partial charge is 0.394 e. The van der Waals surface area contributed by atoms with Gasteiger partial charge in [-0.1, -0.05) is 41.9 Å². The summed E-state index contributed by atoms with van der Waals surface area (Å²) in [6.07, 6.45) is -4.48. The number of aliphatic hydroxyl groups excluding tert-OH is 1. The largest absolute Gasteiger partial charge is 0.416 e. The van der Waals surface area contributed by atoms with Crippen LogP contribution in [-0.4, -0.2) is 27.7 Å². The molecule has 1 heterocycles. The Labute approximate surface area is 170 Å². The number of anilines is 3. The molecule has 0 aliphatic carbocycles. The molecule has 0 saturated heterocycles. The fraction of sp³-hybridized carbons (Fsp3) is 0.200. The van der Waals surface area contributed by atoms with Crippen LogP contribution in [0.5, 0.6) is 0 Å². The predicted molar refractivity (Wildman–Crippen MR) is 107 cm³/mol. The van der Waals surface area contributed by atoms with Crippen LogP contribution in [0.4, 0.5) is 30.6 Å². The standard InChI is InChI=1S/C20H18ClF3N4O/c1-12(11-29)25-19-27-17(13-5-3-2-4-6-13)10-18(28-19)26-16-8-7-14(9-15(16)21)20(22,23)24/h2-10,12,29H,11H2,1H3,(H2,25,26,27,28)/t12-/m0/s1. The van der Waals surface area contributed by atoms with Crippen molar-refractivity contribution in [1.29, 1.82) is 0 Å². The summed E-state index contributed by atoms with van der Waals surface area (Å²) in [6, 6.07) is 13.8. The van der Waals surface area contributed by atoms with E-state index in [9.17, 15) is 18.3 Å². The first-order valence-electron chi connectivity index (χ1n) is 8.72. The number of hydrogen-bond acceptors (Lipinski definition) is 5. The van der Waals surface area contributed by atoms with Crippen molar-refractivity contribution in [2.45, 2.75) is 19.1 Å². The van der Waals surface area contributed by atoms with Crippen LogP contribution in [0.15, 0.2) is 54.6 Å². The monoisotopic (exact) mass is 422 g/mol. The molecule has 3 rings (SSSR count). The van der Waals surface area contributed by atoms with Crippen molar-refractivity contribution in [3.63, 3.8) is 0 Å². The lowest BCUT2D eigenvalue weighted by atomic mass is 10.1. The van der Waals surface area contributed by atoms with Crippen LogP contribution >= 0.6 is 11.6 Å². The second-order valence-electron chi connectivity index (χ2n) is 6.37. The molecule has 0 spiro atoms. The number of nitrogens with zero attached hydrogens (tertiary/aromatic N) is 2. The molecule has 0 saturated carbocycles. The summed E-state index contributed by atoms with van der Waals surface area (Å²) < 4.78 is 38.5. The van der Waals surface area contributed by atoms with Crippen LogP contribution in [-0.2, 0) is 6.18 Å². The topological polar surface area (TPSA) is 70.1 Å². The van der Waals surface area contributed by atoms with Gasteiger partial charge in [0.25, 0.3) is 0 Å². The summed E-state index contributed by atoms with van der Waals surface area (Å²) in [5.74, 6) is 0.603. The Morgan fingerprint density at radius 2 is 1.79 bits per heavy atom. The molecule has 152 valence electrons. The van der Waals surface area contributed by atoms with Gasteiger partial charge in [0.05, 0.1) is 28.6 Å². The highest BCUT2D eigenvalue weighted by Crippen LogP contribution is 2.35. The number of alkyl halides is 3. The molecule has 5 nitrogen and oxygen atoms in total. The van der Waals surface area contributed by atoms with Gasteiger partial charge >= 0.3 is 6.18 Å². The Balaban J connectivity index is 1.97. The Kier molecular flexibility index (Phi) is 6.24. The molecule has 0 bridgehead atoms. The minimum absolute atomic E-state index is 0.0852. The molecule has 3 aromatic rings. The van der Waals surface area contributed by atoms with Gasteiger partial charge in [0.15, 0.2) is 0 Å². The van der Waals surface area contributed by atoms with Crippen molar-refractivity contribution in [1.82, 2.24) is 9.97 Å². The fourth-order valence-electron chi connectivity index (χ4n) is 2.53. The Bertz CT molecular complexity index is 983. The highest BCUT2D eigenvalue weighted by Gasteiger charge is 2.30. The van der Waals surface area contributed by atoms with E-state index in [0.717, 1.165) is 17.7 Å². The molecule has 1 aromatic heterocycles. The third kappa shape index (κ3) is 5.36. The van der Waals surface area contributed by atoms with Gasteiger partial charge in [-0.3, -0.25) is 0 Å². The van der Waals surface area contributed by atoms with Crippen LogP contribution in [0.2, 0.25) is 5.02 Å². The SMILES string of the molecule is C[C@@H](CO)Nc1nc(Nc2ccc(C(F)(F)F)cc2Cl)cc(-c2ccccc2)n1. The van der Waals surface area contributed by atoms with Crippen molar-refractivity contribution in [2.75, 3.05) is 17.2 Å². The first kappa shape index (κ1) is 20.9. The number of aromatic nitrogens is 2. The van der Waals surface area contributed by atoms with E-state index in [4.69, 9.17) is 11.6 Å². The molecule has 3 N–H and O–H groups in total. The zero-order valence-corrected chi connectivity index (χ0v) is 16.1. The third-order valence-electron chi connectivity index (χ3n) is 4.00. The second kappa shape index (κ2) is 8.67. The Morgan fingerprint density at radius 3 is 2.41 bits per heavy atom. The molecule has 0 radical (unpaired) electrons. The molecule has 29 heavy (non-hydrogen) atoms. The third-order valence-corrected chi connectivity index (χ3v) is 4.32. The summed E-state index contributed by atoms with van der Waals surface area (Å²) in [6.45, 7) is 1.64. The lowest BCUT2D eigenvalue weighted by molar-refractivity contribution is -0.137.